The van der Waals surface area contributed by atoms with Crippen molar-refractivity contribution in [1.82, 2.24) is 0 Å². The van der Waals surface area contributed by atoms with Crippen LogP contribution in [-0.4, -0.2) is 49.9 Å². The summed E-state index contributed by atoms with van der Waals surface area (Å²) in [4.78, 5) is 0. The molecule has 3 fully saturated rings. The normalized spacial score (nSPS) is 25.5. The van der Waals surface area contributed by atoms with E-state index in [-0.39, 0.29) is 58.2 Å². The van der Waals surface area contributed by atoms with Gasteiger partial charge in [-0.25, -0.2) is 0 Å². The second-order valence-electron chi connectivity index (χ2n) is 8.76. The Morgan fingerprint density at radius 2 is 0.929 bits per heavy atom. The summed E-state index contributed by atoms with van der Waals surface area (Å²) in [6, 6.07) is 0. The van der Waals surface area contributed by atoms with Gasteiger partial charge in [0.2, 0.25) is 0 Å². The van der Waals surface area contributed by atoms with Crippen LogP contribution in [0.3, 0.4) is 0 Å². The maximum atomic E-state index is 5.92. The molecule has 0 unspecified atom stereocenters. The molecule has 154 valence electrons. The van der Waals surface area contributed by atoms with E-state index < -0.39 is 14.2 Å². The van der Waals surface area contributed by atoms with Crippen LogP contribution in [0.1, 0.15) is 68.2 Å². The molecule has 3 heterocycles. The molecule has 3 aliphatic heterocycles. The first-order valence-electron chi connectivity index (χ1n) is 9.27. The van der Waals surface area contributed by atoms with E-state index in [9.17, 15) is 0 Å². The van der Waals surface area contributed by atoms with Gasteiger partial charge in [-0.3, -0.25) is 6.22 Å². The quantitative estimate of drug-likeness (QED) is 0.287. The van der Waals surface area contributed by atoms with Crippen LogP contribution in [0.25, 0.3) is 0 Å². The minimum absolute atomic E-state index is 0. The van der Waals surface area contributed by atoms with Gasteiger partial charge in [-0.2, -0.15) is 0 Å². The summed E-state index contributed by atoms with van der Waals surface area (Å²) in [6.07, 6.45) is 4.41. The molecule has 0 aliphatic carbocycles. The molecule has 3 rings (SSSR count). The molecule has 3 aliphatic rings. The Hall–Kier alpha value is 2.11. The molecule has 0 aromatic rings. The molecular formula is C17H33B2Br2LiO5Zn. The Labute approximate surface area is 212 Å². The van der Waals surface area contributed by atoms with Gasteiger partial charge in [0.25, 0.3) is 14.2 Å². The minimum atomic E-state index is -0.403. The summed E-state index contributed by atoms with van der Waals surface area (Å²) in [6.45, 7) is 18.3. The Kier molecular flexibility index (Phi) is 15.0. The van der Waals surface area contributed by atoms with E-state index in [4.69, 9.17) is 23.4 Å². The molecule has 0 bridgehead atoms. The van der Waals surface area contributed by atoms with Gasteiger partial charge < -0.3 is 40.3 Å². The Balaban J connectivity index is 0. The topological polar surface area (TPSA) is 46.2 Å². The van der Waals surface area contributed by atoms with Crippen LogP contribution in [-0.2, 0) is 39.7 Å². The Morgan fingerprint density at radius 1 is 0.679 bits per heavy atom. The van der Waals surface area contributed by atoms with Crippen molar-refractivity contribution in [3.63, 3.8) is 0 Å². The van der Waals surface area contributed by atoms with Gasteiger partial charge in [0.1, 0.15) is 0 Å². The van der Waals surface area contributed by atoms with Crippen molar-refractivity contribution in [3.05, 3.63) is 6.22 Å². The molecule has 0 aromatic carbocycles. The van der Waals surface area contributed by atoms with Crippen molar-refractivity contribution in [2.75, 3.05) is 13.2 Å². The van der Waals surface area contributed by atoms with E-state index in [1.54, 1.807) is 0 Å². The van der Waals surface area contributed by atoms with Crippen molar-refractivity contribution in [2.24, 2.45) is 0 Å². The van der Waals surface area contributed by atoms with Gasteiger partial charge in [0.15, 0.2) is 0 Å². The van der Waals surface area contributed by atoms with Gasteiger partial charge in [-0.05, 0) is 68.2 Å². The summed E-state index contributed by atoms with van der Waals surface area (Å²) >= 11 is 4.25. The first-order valence-corrected chi connectivity index (χ1v) is 16.2. The standard InChI is InChI=1S/C13H25B2O4.C4H8O.2BrH.Li.Zn/c1-10(2)11(3,4)17-14(16-10)9-15-18-12(5,6)13(7,8)19-15;1-2-4-5-3-1;;;;/h9H,1-8H3;1-4H2;2*1H;;/q-1;;;;+1;+2/p-2. The third kappa shape index (κ3) is 8.57. The van der Waals surface area contributed by atoms with Crippen LogP contribution in [0.5, 0.6) is 0 Å². The zero-order valence-electron chi connectivity index (χ0n) is 19.1. The van der Waals surface area contributed by atoms with E-state index in [1.807, 2.05) is 61.6 Å². The molecule has 3 saturated heterocycles. The zero-order valence-corrected chi connectivity index (χ0v) is 25.2. The van der Waals surface area contributed by atoms with Crippen LogP contribution in [0.4, 0.5) is 0 Å². The predicted molar refractivity (Wildman–Crippen MR) is 105 cm³/mol. The second-order valence-corrected chi connectivity index (χ2v) is 8.76. The molecule has 0 saturated carbocycles. The third-order valence-corrected chi connectivity index (χ3v) is 5.68. The molecular weight excluding hydrogens is 538 g/mol. The second kappa shape index (κ2) is 13.0. The van der Waals surface area contributed by atoms with Crippen LogP contribution in [0, 0.1) is 6.22 Å². The third-order valence-electron chi connectivity index (χ3n) is 5.68. The van der Waals surface area contributed by atoms with Crippen molar-refractivity contribution in [2.45, 2.75) is 90.6 Å². The van der Waals surface area contributed by atoms with E-state index in [1.165, 1.54) is 29.2 Å². The average molecular weight is 571 g/mol. The number of ether oxygens (including phenoxy) is 1. The van der Waals surface area contributed by atoms with Gasteiger partial charge in [0.05, 0.1) is 22.4 Å². The van der Waals surface area contributed by atoms with Gasteiger partial charge in [-0.15, -0.1) is 0 Å². The summed E-state index contributed by atoms with van der Waals surface area (Å²) in [5.74, 6) is 0. The summed E-state index contributed by atoms with van der Waals surface area (Å²) in [5, 5.41) is 0. The van der Waals surface area contributed by atoms with Crippen molar-refractivity contribution in [3.8, 4) is 0 Å². The Bertz CT molecular complexity index is 382. The molecule has 0 aromatic heterocycles. The first-order chi connectivity index (χ1) is 11.9. The number of hydrogen-bond donors (Lipinski definition) is 0. The van der Waals surface area contributed by atoms with Crippen molar-refractivity contribution >= 4 is 27.9 Å². The fraction of sp³-hybridized carbons (Fsp3) is 0.941. The number of halogens is 2. The van der Waals surface area contributed by atoms with E-state index >= 15 is 0 Å². The van der Waals surface area contributed by atoms with E-state index in [2.05, 4.69) is 13.6 Å². The molecule has 11 heteroatoms. The van der Waals surface area contributed by atoms with Gasteiger partial charge in [0, 0.05) is 13.2 Å². The van der Waals surface area contributed by atoms with E-state index in [0.29, 0.717) is 0 Å². The molecule has 0 radical (unpaired) electrons. The van der Waals surface area contributed by atoms with Gasteiger partial charge >= 0.3 is 48.8 Å². The number of rotatable bonds is 2. The zero-order chi connectivity index (χ0) is 20.2. The molecule has 0 N–H and O–H groups in total. The maximum absolute atomic E-state index is 5.92. The first kappa shape index (κ1) is 32.3. The summed E-state index contributed by atoms with van der Waals surface area (Å²) < 4.78 is 28.6. The monoisotopic (exact) mass is 568 g/mol. The average Bonchev–Trinajstić information content (AvgIpc) is 3.15. The van der Waals surface area contributed by atoms with Crippen LogP contribution >= 0.6 is 13.6 Å². The Morgan fingerprint density at radius 3 is 1.11 bits per heavy atom. The van der Waals surface area contributed by atoms with Crippen LogP contribution in [0.2, 0.25) is 0 Å². The molecule has 0 spiro atoms. The van der Waals surface area contributed by atoms with Gasteiger partial charge in [-0.1, -0.05) is 0 Å². The summed E-state index contributed by atoms with van der Waals surface area (Å²) in [7, 11) is -0.806. The fourth-order valence-corrected chi connectivity index (χ4v) is 2.57. The molecule has 0 atom stereocenters. The predicted octanol–water partition coefficient (Wildman–Crippen LogP) is -1.90. The summed E-state index contributed by atoms with van der Waals surface area (Å²) in [5.41, 5.74) is -1.34. The fourth-order valence-electron chi connectivity index (χ4n) is 2.57. The molecule has 0 amide bonds. The van der Waals surface area contributed by atoms with Crippen molar-refractivity contribution < 1.29 is 75.5 Å². The van der Waals surface area contributed by atoms with Crippen molar-refractivity contribution in [1.29, 1.82) is 0 Å². The number of hydrogen-bond acceptors (Lipinski definition) is 5. The van der Waals surface area contributed by atoms with Crippen LogP contribution < -0.4 is 35.8 Å². The SMILES string of the molecule is C1CCOC1.CC1(C)OB([CH-]B2OC(C)(C)C(C)(C)O2)OC1(C)C.[Br-].[Li+].[Zn+][Br]. The molecule has 5 nitrogen and oxygen atoms in total. The van der Waals surface area contributed by atoms with E-state index in [0.717, 1.165) is 13.2 Å². The van der Waals surface area contributed by atoms with Crippen LogP contribution in [0.15, 0.2) is 0 Å². The molecule has 28 heavy (non-hydrogen) atoms.